The first kappa shape index (κ1) is 12.0. The second kappa shape index (κ2) is 5.28. The van der Waals surface area contributed by atoms with Crippen molar-refractivity contribution in [2.24, 2.45) is 0 Å². The maximum Gasteiger partial charge on any atom is 0.256 e. The Morgan fingerprint density at radius 1 is 1.32 bits per heavy atom. The van der Waals surface area contributed by atoms with Crippen LogP contribution >= 0.6 is 23.3 Å². The Labute approximate surface area is 116 Å². The van der Waals surface area contributed by atoms with E-state index < -0.39 is 0 Å². The van der Waals surface area contributed by atoms with Gasteiger partial charge in [0.2, 0.25) is 11.1 Å². The third-order valence-corrected chi connectivity index (χ3v) is 3.64. The van der Waals surface area contributed by atoms with Crippen LogP contribution in [0, 0.1) is 0 Å². The first-order valence-corrected chi connectivity index (χ1v) is 6.82. The minimum Gasteiger partial charge on any atom is -0.357 e. The molecule has 0 amide bonds. The molecule has 3 aromatic heterocycles. The van der Waals surface area contributed by atoms with Crippen molar-refractivity contribution in [3.8, 4) is 5.95 Å². The van der Waals surface area contributed by atoms with Gasteiger partial charge in [0.05, 0.1) is 0 Å². The highest BCUT2D eigenvalue weighted by atomic mass is 32.2. The number of nitrogens with one attached hydrogen (secondary N) is 1. The zero-order valence-corrected chi connectivity index (χ0v) is 11.4. The van der Waals surface area contributed by atoms with E-state index in [1.165, 1.54) is 29.6 Å². The third-order valence-electron chi connectivity index (χ3n) is 2.06. The Morgan fingerprint density at radius 2 is 2.26 bits per heavy atom. The van der Waals surface area contributed by atoms with Gasteiger partial charge >= 0.3 is 0 Å². The lowest BCUT2D eigenvalue weighted by Gasteiger charge is -2.04. The molecule has 0 saturated carbocycles. The molecule has 0 saturated heterocycles. The lowest BCUT2D eigenvalue weighted by atomic mass is 10.7. The Morgan fingerprint density at radius 3 is 2.95 bits per heavy atom. The largest absolute Gasteiger partial charge is 0.357 e. The highest BCUT2D eigenvalue weighted by Gasteiger charge is 2.10. The van der Waals surface area contributed by atoms with Gasteiger partial charge in [0, 0.05) is 19.4 Å². The number of nitrogens with zero attached hydrogens (tertiary/aromatic N) is 7. The molecule has 0 aliphatic heterocycles. The van der Waals surface area contributed by atoms with E-state index in [-0.39, 0.29) is 0 Å². The summed E-state index contributed by atoms with van der Waals surface area (Å²) in [5, 5.41) is 7.54. The minimum atomic E-state index is 0.455. The minimum absolute atomic E-state index is 0.455. The van der Waals surface area contributed by atoms with Gasteiger partial charge in [0.15, 0.2) is 4.34 Å². The molecule has 0 fully saturated rings. The topological polar surface area (TPSA) is 94.3 Å². The number of rotatable bonds is 4. The number of hydrogen-bond donors (Lipinski definition) is 1. The fraction of sp³-hybridized carbons (Fsp3) is 0.111. The van der Waals surface area contributed by atoms with Crippen molar-refractivity contribution in [1.82, 2.24) is 34.1 Å². The molecule has 8 nitrogen and oxygen atoms in total. The van der Waals surface area contributed by atoms with Gasteiger partial charge in [0.25, 0.3) is 5.95 Å². The molecule has 19 heavy (non-hydrogen) atoms. The maximum atomic E-state index is 4.34. The normalized spacial score (nSPS) is 10.6. The SMILES string of the molecule is CNc1nc(Sc2ncns2)nc(-n2cccn2)n1. The first-order chi connectivity index (χ1) is 9.35. The highest BCUT2D eigenvalue weighted by molar-refractivity contribution is 8.00. The fourth-order valence-corrected chi connectivity index (χ4v) is 2.57. The van der Waals surface area contributed by atoms with Gasteiger partial charge in [-0.2, -0.15) is 24.4 Å². The predicted molar refractivity (Wildman–Crippen MR) is 70.5 cm³/mol. The van der Waals surface area contributed by atoms with Crippen LogP contribution in [0.15, 0.2) is 34.3 Å². The van der Waals surface area contributed by atoms with Gasteiger partial charge in [-0.05, 0) is 29.4 Å². The summed E-state index contributed by atoms with van der Waals surface area (Å²) < 4.78 is 6.29. The lowest BCUT2D eigenvalue weighted by Crippen LogP contribution is -2.07. The van der Waals surface area contributed by atoms with Gasteiger partial charge in [-0.3, -0.25) is 0 Å². The van der Waals surface area contributed by atoms with Crippen LogP contribution in [0.3, 0.4) is 0 Å². The van der Waals surface area contributed by atoms with Gasteiger partial charge in [-0.15, -0.1) is 0 Å². The number of hydrogen-bond acceptors (Lipinski definition) is 9. The van der Waals surface area contributed by atoms with Crippen molar-refractivity contribution in [3.05, 3.63) is 24.8 Å². The van der Waals surface area contributed by atoms with E-state index in [1.54, 1.807) is 30.2 Å². The van der Waals surface area contributed by atoms with Crippen LogP contribution in [0.25, 0.3) is 5.95 Å². The number of aromatic nitrogens is 7. The summed E-state index contributed by atoms with van der Waals surface area (Å²) in [5.41, 5.74) is 0. The Bertz CT molecular complexity index is 651. The number of anilines is 1. The molecule has 0 aromatic carbocycles. The average Bonchev–Trinajstić information content (AvgIpc) is 3.11. The third kappa shape index (κ3) is 2.69. The van der Waals surface area contributed by atoms with Crippen LogP contribution in [0.5, 0.6) is 0 Å². The summed E-state index contributed by atoms with van der Waals surface area (Å²) >= 11 is 2.63. The second-order valence-electron chi connectivity index (χ2n) is 3.25. The zero-order valence-electron chi connectivity index (χ0n) is 9.76. The van der Waals surface area contributed by atoms with E-state index in [2.05, 4.69) is 34.7 Å². The zero-order chi connectivity index (χ0) is 13.1. The van der Waals surface area contributed by atoms with Crippen LogP contribution < -0.4 is 5.32 Å². The van der Waals surface area contributed by atoms with E-state index in [1.807, 2.05) is 0 Å². The molecular formula is C9H8N8S2. The molecule has 0 bridgehead atoms. The molecule has 0 aliphatic carbocycles. The van der Waals surface area contributed by atoms with Crippen molar-refractivity contribution < 1.29 is 0 Å². The monoisotopic (exact) mass is 292 g/mol. The second-order valence-corrected chi connectivity index (χ2v) is 5.25. The summed E-state index contributed by atoms with van der Waals surface area (Å²) in [5.74, 6) is 0.934. The van der Waals surface area contributed by atoms with Gasteiger partial charge < -0.3 is 5.32 Å². The molecule has 0 aliphatic rings. The van der Waals surface area contributed by atoms with Crippen LogP contribution in [-0.2, 0) is 0 Å². The van der Waals surface area contributed by atoms with Crippen LogP contribution in [0.4, 0.5) is 5.95 Å². The van der Waals surface area contributed by atoms with Crippen LogP contribution in [0.1, 0.15) is 0 Å². The Balaban J connectivity index is 1.98. The van der Waals surface area contributed by atoms with Crippen molar-refractivity contribution in [3.63, 3.8) is 0 Å². The fourth-order valence-electron chi connectivity index (χ4n) is 1.28. The Kier molecular flexibility index (Phi) is 3.33. The van der Waals surface area contributed by atoms with Gasteiger partial charge in [-0.1, -0.05) is 0 Å². The van der Waals surface area contributed by atoms with E-state index in [4.69, 9.17) is 0 Å². The summed E-state index contributed by atoms with van der Waals surface area (Å²) in [4.78, 5) is 16.9. The molecular weight excluding hydrogens is 284 g/mol. The maximum absolute atomic E-state index is 4.34. The molecule has 0 spiro atoms. The molecule has 3 rings (SSSR count). The highest BCUT2D eigenvalue weighted by Crippen LogP contribution is 2.25. The molecule has 0 radical (unpaired) electrons. The molecule has 1 N–H and O–H groups in total. The summed E-state index contributed by atoms with van der Waals surface area (Å²) in [6, 6.07) is 1.81. The Hall–Kier alpha value is -2.07. The van der Waals surface area contributed by atoms with Gasteiger partial charge in [0.1, 0.15) is 6.33 Å². The molecule has 0 unspecified atom stereocenters. The summed E-state index contributed by atoms with van der Waals surface area (Å²) in [6.45, 7) is 0. The van der Waals surface area contributed by atoms with E-state index >= 15 is 0 Å². The molecule has 0 atom stereocenters. The average molecular weight is 292 g/mol. The van der Waals surface area contributed by atoms with Crippen LogP contribution in [0.2, 0.25) is 0 Å². The van der Waals surface area contributed by atoms with E-state index in [0.29, 0.717) is 17.1 Å². The standard InChI is InChI=1S/C9H8N8S2/c1-10-6-14-7(17-4-2-3-12-17)16-8(15-6)18-9-11-5-13-19-9/h2-5H,1H3,(H,10,14,15,16). The van der Waals surface area contributed by atoms with Gasteiger partial charge in [-0.25, -0.2) is 9.67 Å². The molecule has 96 valence electrons. The van der Waals surface area contributed by atoms with Crippen molar-refractivity contribution in [2.45, 2.75) is 9.50 Å². The predicted octanol–water partition coefficient (Wildman–Crippen LogP) is 1.10. The van der Waals surface area contributed by atoms with Crippen molar-refractivity contribution in [1.29, 1.82) is 0 Å². The van der Waals surface area contributed by atoms with E-state index in [0.717, 1.165) is 4.34 Å². The van der Waals surface area contributed by atoms with Crippen molar-refractivity contribution >= 4 is 29.2 Å². The summed E-state index contributed by atoms with van der Waals surface area (Å²) in [6.07, 6.45) is 4.94. The first-order valence-electron chi connectivity index (χ1n) is 5.23. The molecule has 10 heteroatoms. The lowest BCUT2D eigenvalue weighted by molar-refractivity contribution is 0.762. The molecule has 3 aromatic rings. The van der Waals surface area contributed by atoms with E-state index in [9.17, 15) is 0 Å². The molecule has 3 heterocycles. The summed E-state index contributed by atoms with van der Waals surface area (Å²) in [7, 11) is 1.75. The smallest absolute Gasteiger partial charge is 0.256 e. The van der Waals surface area contributed by atoms with Crippen LogP contribution in [-0.4, -0.2) is 41.1 Å². The van der Waals surface area contributed by atoms with Crippen molar-refractivity contribution in [2.75, 3.05) is 12.4 Å². The quantitative estimate of drug-likeness (QED) is 0.764.